The molecule has 0 aromatic rings. The monoisotopic (exact) mass is 311 g/mol. The highest BCUT2D eigenvalue weighted by molar-refractivity contribution is 5.91. The maximum Gasteiger partial charge on any atom is 0.155 e. The van der Waals surface area contributed by atoms with Gasteiger partial charge in [-0.25, -0.2) is 0 Å². The lowest BCUT2D eigenvalue weighted by Crippen LogP contribution is -2.49. The van der Waals surface area contributed by atoms with E-state index in [9.17, 15) is 10.1 Å². The summed E-state index contributed by atoms with van der Waals surface area (Å²) in [5.41, 5.74) is 1.74. The van der Waals surface area contributed by atoms with Gasteiger partial charge in [0.05, 0.1) is 12.0 Å². The second-order valence-electron chi connectivity index (χ2n) is 8.85. The molecule has 4 aliphatic rings. The van der Waals surface area contributed by atoms with Gasteiger partial charge in [-0.1, -0.05) is 25.8 Å². The molecule has 23 heavy (non-hydrogen) atoms. The molecule has 1 unspecified atom stereocenters. The van der Waals surface area contributed by atoms with Gasteiger partial charge in [0.25, 0.3) is 0 Å². The third kappa shape index (κ3) is 2.15. The molecule has 0 N–H and O–H groups in total. The molecule has 4 rings (SSSR count). The summed E-state index contributed by atoms with van der Waals surface area (Å²) < 4.78 is 0. The van der Waals surface area contributed by atoms with Crippen LogP contribution in [0.4, 0.5) is 0 Å². The Hall–Kier alpha value is -1.10. The number of carbonyl (C=O) groups is 1. The molecule has 0 radical (unpaired) electrons. The molecular formula is C21H29NO. The molecule has 0 aromatic carbocycles. The standard InChI is InChI=1S/C21H29NO/c1-3-13-10-14-11-16(23)5-6-17(14)18-8-9-21(2)15(12-22)4-7-19(21)20(13)18/h11,13,15,17-20H,3-10H2,1-2H3/t13?,15-,17+,18-,19+,20-,21-/m1/s1. The number of hydrogen-bond acceptors (Lipinski definition) is 2. The van der Waals surface area contributed by atoms with E-state index in [0.717, 1.165) is 49.4 Å². The molecule has 0 amide bonds. The average Bonchev–Trinajstić information content (AvgIpc) is 2.89. The summed E-state index contributed by atoms with van der Waals surface area (Å²) in [6.45, 7) is 4.74. The van der Waals surface area contributed by atoms with Gasteiger partial charge < -0.3 is 0 Å². The normalized spacial score (nSPS) is 48.7. The van der Waals surface area contributed by atoms with E-state index in [-0.39, 0.29) is 11.3 Å². The minimum atomic E-state index is 0.259. The first kappa shape index (κ1) is 15.4. The van der Waals surface area contributed by atoms with Crippen LogP contribution in [0.5, 0.6) is 0 Å². The van der Waals surface area contributed by atoms with Gasteiger partial charge in [0, 0.05) is 6.42 Å². The van der Waals surface area contributed by atoms with Crippen molar-refractivity contribution in [2.75, 3.05) is 0 Å². The predicted octanol–water partition coefficient (Wildman–Crippen LogP) is 4.90. The van der Waals surface area contributed by atoms with Crippen LogP contribution in [0, 0.1) is 52.3 Å². The van der Waals surface area contributed by atoms with Crippen molar-refractivity contribution in [3.05, 3.63) is 11.6 Å². The van der Waals surface area contributed by atoms with Gasteiger partial charge in [0.2, 0.25) is 0 Å². The number of nitrogens with zero attached hydrogens (tertiary/aromatic N) is 1. The number of fused-ring (bicyclic) bond motifs is 5. The summed E-state index contributed by atoms with van der Waals surface area (Å²) in [7, 11) is 0. The van der Waals surface area contributed by atoms with Gasteiger partial charge in [-0.2, -0.15) is 5.26 Å². The van der Waals surface area contributed by atoms with Crippen molar-refractivity contribution >= 4 is 5.78 Å². The first-order valence-corrected chi connectivity index (χ1v) is 9.71. The van der Waals surface area contributed by atoms with E-state index in [1.165, 1.54) is 31.3 Å². The zero-order valence-corrected chi connectivity index (χ0v) is 14.6. The average molecular weight is 311 g/mol. The van der Waals surface area contributed by atoms with Crippen LogP contribution in [-0.2, 0) is 4.79 Å². The Morgan fingerprint density at radius 3 is 2.87 bits per heavy atom. The zero-order valence-electron chi connectivity index (χ0n) is 14.6. The largest absolute Gasteiger partial charge is 0.295 e. The fourth-order valence-corrected chi connectivity index (χ4v) is 7.01. The Bertz CT molecular complexity index is 585. The summed E-state index contributed by atoms with van der Waals surface area (Å²) in [6.07, 6.45) is 11.1. The van der Waals surface area contributed by atoms with Crippen LogP contribution in [0.2, 0.25) is 0 Å². The smallest absolute Gasteiger partial charge is 0.155 e. The fraction of sp³-hybridized carbons (Fsp3) is 0.810. The molecular weight excluding hydrogens is 282 g/mol. The van der Waals surface area contributed by atoms with Crippen LogP contribution in [-0.4, -0.2) is 5.78 Å². The van der Waals surface area contributed by atoms with Crippen molar-refractivity contribution in [1.29, 1.82) is 5.26 Å². The number of hydrogen-bond donors (Lipinski definition) is 0. The number of ketones is 1. The predicted molar refractivity (Wildman–Crippen MR) is 90.4 cm³/mol. The maximum atomic E-state index is 11.9. The third-order valence-electron chi connectivity index (χ3n) is 8.15. The summed E-state index contributed by atoms with van der Waals surface area (Å²) in [6, 6.07) is 2.64. The lowest BCUT2D eigenvalue weighted by Gasteiger charge is -2.56. The van der Waals surface area contributed by atoms with Gasteiger partial charge in [0.15, 0.2) is 5.78 Å². The minimum Gasteiger partial charge on any atom is -0.295 e. The van der Waals surface area contributed by atoms with E-state index in [0.29, 0.717) is 11.7 Å². The van der Waals surface area contributed by atoms with Gasteiger partial charge in [-0.05, 0) is 79.6 Å². The van der Waals surface area contributed by atoms with E-state index in [4.69, 9.17) is 0 Å². The summed E-state index contributed by atoms with van der Waals surface area (Å²) in [4.78, 5) is 11.9. The second kappa shape index (κ2) is 5.47. The molecule has 0 saturated heterocycles. The van der Waals surface area contributed by atoms with Crippen molar-refractivity contribution in [1.82, 2.24) is 0 Å². The molecule has 0 aliphatic heterocycles. The van der Waals surface area contributed by atoms with E-state index >= 15 is 0 Å². The summed E-state index contributed by atoms with van der Waals surface area (Å²) in [5, 5.41) is 9.61. The highest BCUT2D eigenvalue weighted by atomic mass is 16.1. The van der Waals surface area contributed by atoms with Crippen molar-refractivity contribution in [3.8, 4) is 6.07 Å². The van der Waals surface area contributed by atoms with Crippen LogP contribution in [0.1, 0.15) is 65.2 Å². The SMILES string of the molecule is CCC1CC2=CC(=O)CC[C@@H]2[C@H]2CC[C@]3(C)[C@@H](C#N)CC[C@H]3[C@H]12. The molecule has 124 valence electrons. The first-order chi connectivity index (χ1) is 11.1. The zero-order chi connectivity index (χ0) is 16.2. The quantitative estimate of drug-likeness (QED) is 0.690. The molecule has 4 aliphatic carbocycles. The lowest BCUT2D eigenvalue weighted by molar-refractivity contribution is -0.116. The molecule has 7 atom stereocenters. The Kier molecular flexibility index (Phi) is 3.67. The van der Waals surface area contributed by atoms with E-state index in [2.05, 4.69) is 19.9 Å². The van der Waals surface area contributed by atoms with Crippen LogP contribution >= 0.6 is 0 Å². The molecule has 0 heterocycles. The van der Waals surface area contributed by atoms with Gasteiger partial charge in [-0.15, -0.1) is 0 Å². The van der Waals surface area contributed by atoms with Crippen LogP contribution in [0.15, 0.2) is 11.6 Å². The summed E-state index contributed by atoms with van der Waals surface area (Å²) in [5.74, 6) is 4.36. The topological polar surface area (TPSA) is 40.9 Å². The van der Waals surface area contributed by atoms with Gasteiger partial charge in [0.1, 0.15) is 0 Å². The number of allylic oxidation sites excluding steroid dienone is 1. The number of rotatable bonds is 1. The van der Waals surface area contributed by atoms with Gasteiger partial charge >= 0.3 is 0 Å². The Morgan fingerprint density at radius 2 is 2.13 bits per heavy atom. The fourth-order valence-electron chi connectivity index (χ4n) is 7.01. The highest BCUT2D eigenvalue weighted by Gasteiger charge is 2.58. The minimum absolute atomic E-state index is 0.259. The lowest BCUT2D eigenvalue weighted by atomic mass is 9.48. The molecule has 0 bridgehead atoms. The first-order valence-electron chi connectivity index (χ1n) is 9.71. The Balaban J connectivity index is 1.70. The van der Waals surface area contributed by atoms with Crippen LogP contribution in [0.25, 0.3) is 0 Å². The van der Waals surface area contributed by atoms with Crippen molar-refractivity contribution in [3.63, 3.8) is 0 Å². The molecule has 0 spiro atoms. The Labute approximate surface area is 140 Å². The molecule has 2 heteroatoms. The molecule has 0 aromatic heterocycles. The van der Waals surface area contributed by atoms with Crippen molar-refractivity contribution in [2.24, 2.45) is 40.9 Å². The van der Waals surface area contributed by atoms with E-state index < -0.39 is 0 Å². The van der Waals surface area contributed by atoms with E-state index in [1.807, 2.05) is 6.08 Å². The number of nitriles is 1. The van der Waals surface area contributed by atoms with Crippen molar-refractivity contribution < 1.29 is 4.79 Å². The number of carbonyl (C=O) groups excluding carboxylic acids is 1. The summed E-state index contributed by atoms with van der Waals surface area (Å²) >= 11 is 0. The highest BCUT2D eigenvalue weighted by Crippen LogP contribution is 2.65. The van der Waals surface area contributed by atoms with Crippen LogP contribution < -0.4 is 0 Å². The molecule has 3 saturated carbocycles. The van der Waals surface area contributed by atoms with Crippen molar-refractivity contribution in [2.45, 2.75) is 65.2 Å². The third-order valence-corrected chi connectivity index (χ3v) is 8.15. The molecule has 2 nitrogen and oxygen atoms in total. The maximum absolute atomic E-state index is 11.9. The van der Waals surface area contributed by atoms with Crippen LogP contribution in [0.3, 0.4) is 0 Å². The van der Waals surface area contributed by atoms with E-state index in [1.54, 1.807) is 0 Å². The molecule has 3 fully saturated rings. The van der Waals surface area contributed by atoms with Gasteiger partial charge in [-0.3, -0.25) is 4.79 Å². The Morgan fingerprint density at radius 1 is 1.30 bits per heavy atom. The second-order valence-corrected chi connectivity index (χ2v) is 8.85.